The summed E-state index contributed by atoms with van der Waals surface area (Å²) in [5.41, 5.74) is 6.39. The van der Waals surface area contributed by atoms with Crippen molar-refractivity contribution in [3.8, 4) is 0 Å². The Kier molecular flexibility index (Phi) is 4.02. The third-order valence-electron chi connectivity index (χ3n) is 2.64. The molecule has 1 aliphatic heterocycles. The Morgan fingerprint density at radius 3 is 2.18 bits per heavy atom. The number of hydrogen-bond acceptors (Lipinski definition) is 1. The molecule has 0 bridgehead atoms. The Labute approximate surface area is 115 Å². The number of benzene rings is 1. The summed E-state index contributed by atoms with van der Waals surface area (Å²) in [6.45, 7) is 1.86. The van der Waals surface area contributed by atoms with Crippen molar-refractivity contribution in [1.29, 1.82) is 0 Å². The van der Waals surface area contributed by atoms with Crippen LogP contribution >= 0.6 is 34.8 Å². The van der Waals surface area contributed by atoms with Gasteiger partial charge in [-0.1, -0.05) is 34.8 Å². The van der Waals surface area contributed by atoms with Crippen molar-refractivity contribution in [2.75, 3.05) is 13.1 Å². The van der Waals surface area contributed by atoms with Gasteiger partial charge in [0.05, 0.1) is 10.0 Å². The summed E-state index contributed by atoms with van der Waals surface area (Å²) in [7, 11) is 0. The fraction of sp³-hybridized carbons (Fsp3) is 0.364. The normalized spacial score (nSPS) is 16.6. The molecular weight excluding hydrogens is 281 g/mol. The highest BCUT2D eigenvalue weighted by Crippen LogP contribution is 2.36. The van der Waals surface area contributed by atoms with Gasteiger partial charge < -0.3 is 10.6 Å². The topological polar surface area (TPSA) is 41.6 Å². The molecule has 0 saturated carbocycles. The predicted octanol–water partition coefficient (Wildman–Crippen LogP) is 3.69. The van der Waals surface area contributed by atoms with E-state index < -0.39 is 0 Å². The summed E-state index contributed by atoms with van der Waals surface area (Å²) in [4.78, 5) is 6.29. The minimum Gasteiger partial charge on any atom is -0.369 e. The van der Waals surface area contributed by atoms with E-state index >= 15 is 0 Å². The lowest BCUT2D eigenvalue weighted by Crippen LogP contribution is -2.34. The summed E-state index contributed by atoms with van der Waals surface area (Å²) >= 11 is 17.9. The van der Waals surface area contributed by atoms with E-state index in [4.69, 9.17) is 40.5 Å². The number of guanidine groups is 1. The van der Waals surface area contributed by atoms with Crippen LogP contribution < -0.4 is 5.73 Å². The number of rotatable bonds is 1. The van der Waals surface area contributed by atoms with E-state index in [0.717, 1.165) is 25.9 Å². The molecule has 92 valence electrons. The van der Waals surface area contributed by atoms with Crippen LogP contribution in [0.4, 0.5) is 5.69 Å². The summed E-state index contributed by atoms with van der Waals surface area (Å²) in [6, 6.07) is 3.20. The minimum absolute atomic E-state index is 0.407. The highest BCUT2D eigenvalue weighted by Gasteiger charge is 2.15. The van der Waals surface area contributed by atoms with Crippen LogP contribution in [0.15, 0.2) is 17.1 Å². The monoisotopic (exact) mass is 291 g/mol. The second-order valence-corrected chi connectivity index (χ2v) is 5.13. The zero-order valence-electron chi connectivity index (χ0n) is 9.09. The molecule has 0 atom stereocenters. The number of halogens is 3. The maximum absolute atomic E-state index is 6.04. The van der Waals surface area contributed by atoms with Crippen molar-refractivity contribution in [3.63, 3.8) is 0 Å². The van der Waals surface area contributed by atoms with Crippen LogP contribution in [0.1, 0.15) is 12.8 Å². The fourth-order valence-corrected chi connectivity index (χ4v) is 2.67. The first-order valence-electron chi connectivity index (χ1n) is 5.31. The third-order valence-corrected chi connectivity index (χ3v) is 3.43. The number of aliphatic imine (C=N–C) groups is 1. The third kappa shape index (κ3) is 2.97. The van der Waals surface area contributed by atoms with Gasteiger partial charge in [-0.15, -0.1) is 0 Å². The van der Waals surface area contributed by atoms with E-state index in [1.165, 1.54) is 0 Å². The lowest BCUT2D eigenvalue weighted by Gasteiger charge is -2.16. The number of nitrogens with zero attached hydrogens (tertiary/aromatic N) is 2. The van der Waals surface area contributed by atoms with Crippen molar-refractivity contribution < 1.29 is 0 Å². The second kappa shape index (κ2) is 5.34. The van der Waals surface area contributed by atoms with Crippen LogP contribution in [0.2, 0.25) is 15.1 Å². The Morgan fingerprint density at radius 2 is 1.65 bits per heavy atom. The lowest BCUT2D eigenvalue weighted by atomic mass is 10.3. The number of hydrogen-bond donors (Lipinski definition) is 1. The Hall–Kier alpha value is -0.640. The maximum Gasteiger partial charge on any atom is 0.196 e. The van der Waals surface area contributed by atoms with Gasteiger partial charge in [-0.3, -0.25) is 0 Å². The predicted molar refractivity (Wildman–Crippen MR) is 73.6 cm³/mol. The maximum atomic E-state index is 6.04. The summed E-state index contributed by atoms with van der Waals surface area (Å²) in [5.74, 6) is 0.452. The Morgan fingerprint density at radius 1 is 1.12 bits per heavy atom. The molecule has 2 rings (SSSR count). The van der Waals surface area contributed by atoms with Crippen LogP contribution in [0.3, 0.4) is 0 Å². The summed E-state index contributed by atoms with van der Waals surface area (Å²) in [6.07, 6.45) is 2.27. The number of likely N-dealkylation sites (tertiary alicyclic amines) is 1. The molecule has 2 N–H and O–H groups in total. The first-order chi connectivity index (χ1) is 8.08. The molecule has 1 saturated heterocycles. The van der Waals surface area contributed by atoms with E-state index in [1.54, 1.807) is 12.1 Å². The van der Waals surface area contributed by atoms with Crippen molar-refractivity contribution in [1.82, 2.24) is 4.90 Å². The van der Waals surface area contributed by atoms with Gasteiger partial charge in [-0.05, 0) is 25.0 Å². The largest absolute Gasteiger partial charge is 0.369 e. The van der Waals surface area contributed by atoms with Gasteiger partial charge in [0.2, 0.25) is 0 Å². The lowest BCUT2D eigenvalue weighted by molar-refractivity contribution is 0.513. The molecule has 17 heavy (non-hydrogen) atoms. The van der Waals surface area contributed by atoms with Crippen molar-refractivity contribution >= 4 is 46.4 Å². The zero-order valence-corrected chi connectivity index (χ0v) is 11.4. The highest BCUT2D eigenvalue weighted by atomic mass is 35.5. The van der Waals surface area contributed by atoms with Crippen LogP contribution in [-0.4, -0.2) is 23.9 Å². The molecule has 1 aromatic rings. The van der Waals surface area contributed by atoms with E-state index in [2.05, 4.69) is 4.99 Å². The van der Waals surface area contributed by atoms with Gasteiger partial charge in [0.15, 0.2) is 5.96 Å². The fourth-order valence-electron chi connectivity index (χ4n) is 1.77. The van der Waals surface area contributed by atoms with E-state index in [1.807, 2.05) is 4.90 Å². The van der Waals surface area contributed by atoms with Gasteiger partial charge >= 0.3 is 0 Å². The van der Waals surface area contributed by atoms with Gasteiger partial charge in [-0.25, -0.2) is 4.99 Å². The molecular formula is C11H12Cl3N3. The quantitative estimate of drug-likeness (QED) is 0.633. The molecule has 1 aliphatic rings. The molecule has 0 amide bonds. The average molecular weight is 293 g/mol. The molecule has 6 heteroatoms. The molecule has 0 aromatic heterocycles. The minimum atomic E-state index is 0.407. The molecule has 0 radical (unpaired) electrons. The van der Waals surface area contributed by atoms with Crippen molar-refractivity contribution in [2.45, 2.75) is 12.8 Å². The molecule has 1 heterocycles. The molecule has 0 aliphatic carbocycles. The zero-order chi connectivity index (χ0) is 12.4. The van der Waals surface area contributed by atoms with Crippen LogP contribution in [0, 0.1) is 0 Å². The molecule has 0 spiro atoms. The Balaban J connectivity index is 2.31. The molecule has 0 unspecified atom stereocenters. The van der Waals surface area contributed by atoms with E-state index in [9.17, 15) is 0 Å². The molecule has 3 nitrogen and oxygen atoms in total. The van der Waals surface area contributed by atoms with Crippen molar-refractivity contribution in [3.05, 3.63) is 27.2 Å². The molecule has 1 fully saturated rings. The first-order valence-corrected chi connectivity index (χ1v) is 6.45. The van der Waals surface area contributed by atoms with Gasteiger partial charge in [0.1, 0.15) is 5.69 Å². The van der Waals surface area contributed by atoms with Crippen molar-refractivity contribution in [2.24, 2.45) is 10.7 Å². The van der Waals surface area contributed by atoms with E-state index in [0.29, 0.717) is 26.7 Å². The molecule has 1 aromatic carbocycles. The summed E-state index contributed by atoms with van der Waals surface area (Å²) < 4.78 is 0. The number of nitrogens with two attached hydrogens (primary N) is 1. The van der Waals surface area contributed by atoms with Gasteiger partial charge in [0, 0.05) is 18.1 Å². The SMILES string of the molecule is NC(=Nc1c(Cl)cc(Cl)cc1Cl)N1CCCC1. The van der Waals surface area contributed by atoms with Gasteiger partial charge in [0.25, 0.3) is 0 Å². The van der Waals surface area contributed by atoms with Crippen LogP contribution in [0.25, 0.3) is 0 Å². The Bertz CT molecular complexity index is 430. The first kappa shape index (κ1) is 12.8. The standard InChI is InChI=1S/C11H12Cl3N3/c12-7-5-8(13)10(9(14)6-7)16-11(15)17-3-1-2-4-17/h5-6H,1-4H2,(H2,15,16). The summed E-state index contributed by atoms with van der Waals surface area (Å²) in [5, 5.41) is 1.30. The van der Waals surface area contributed by atoms with Crippen LogP contribution in [0.5, 0.6) is 0 Å². The smallest absolute Gasteiger partial charge is 0.196 e. The van der Waals surface area contributed by atoms with Gasteiger partial charge in [-0.2, -0.15) is 0 Å². The van der Waals surface area contributed by atoms with E-state index in [-0.39, 0.29) is 0 Å². The highest BCUT2D eigenvalue weighted by molar-refractivity contribution is 6.41. The van der Waals surface area contributed by atoms with Crippen LogP contribution in [-0.2, 0) is 0 Å². The second-order valence-electron chi connectivity index (χ2n) is 3.88. The average Bonchev–Trinajstić information content (AvgIpc) is 2.76.